The normalized spacial score (nSPS) is 14.5. The van der Waals surface area contributed by atoms with Gasteiger partial charge in [-0.3, -0.25) is 4.79 Å². The van der Waals surface area contributed by atoms with E-state index in [-0.39, 0.29) is 11.8 Å². The van der Waals surface area contributed by atoms with Gasteiger partial charge in [-0.05, 0) is 25.0 Å². The highest BCUT2D eigenvalue weighted by molar-refractivity contribution is 9.10. The maximum absolute atomic E-state index is 11.6. The highest BCUT2D eigenvalue weighted by Crippen LogP contribution is 2.32. The number of rotatable bonds is 3. The Morgan fingerprint density at radius 2 is 2.00 bits per heavy atom. The molecule has 0 bridgehead atoms. The number of nitrogens with zero attached hydrogens (tertiary/aromatic N) is 2. The molecule has 0 spiro atoms. The molecule has 1 fully saturated rings. The van der Waals surface area contributed by atoms with Crippen LogP contribution in [-0.4, -0.2) is 16.1 Å². The standard InChI is InChI=1S/C12H10BrN3OS/c13-9-5-3-8(4-6-9)11-15-16-12(18-11)14-10(17)7-1-2-7/h3-7H,1-2H2,(H,14,16,17). The third-order valence-corrected chi connectivity index (χ3v) is 4.11. The number of halogens is 1. The van der Waals surface area contributed by atoms with E-state index in [1.807, 2.05) is 24.3 Å². The van der Waals surface area contributed by atoms with E-state index in [2.05, 4.69) is 31.4 Å². The van der Waals surface area contributed by atoms with E-state index in [9.17, 15) is 4.79 Å². The zero-order valence-corrected chi connectivity index (χ0v) is 11.8. The molecule has 1 aliphatic rings. The van der Waals surface area contributed by atoms with Crippen LogP contribution in [0.25, 0.3) is 10.6 Å². The molecule has 1 aromatic heterocycles. The van der Waals surface area contributed by atoms with Crippen molar-refractivity contribution < 1.29 is 4.79 Å². The fraction of sp³-hybridized carbons (Fsp3) is 0.250. The molecule has 6 heteroatoms. The molecule has 92 valence electrons. The van der Waals surface area contributed by atoms with E-state index < -0.39 is 0 Å². The van der Waals surface area contributed by atoms with Crippen LogP contribution < -0.4 is 5.32 Å². The molecule has 4 nitrogen and oxygen atoms in total. The third kappa shape index (κ3) is 2.59. The first kappa shape index (κ1) is 11.8. The number of amides is 1. The molecule has 0 unspecified atom stereocenters. The van der Waals surface area contributed by atoms with Crippen molar-refractivity contribution in [1.29, 1.82) is 0 Å². The van der Waals surface area contributed by atoms with Crippen molar-refractivity contribution >= 4 is 38.3 Å². The Bertz CT molecular complexity index is 577. The molecule has 0 aliphatic heterocycles. The number of anilines is 1. The van der Waals surface area contributed by atoms with Gasteiger partial charge in [0.2, 0.25) is 11.0 Å². The van der Waals surface area contributed by atoms with Gasteiger partial charge in [0.1, 0.15) is 5.01 Å². The SMILES string of the molecule is O=C(Nc1nnc(-c2ccc(Br)cc2)s1)C1CC1. The lowest BCUT2D eigenvalue weighted by molar-refractivity contribution is -0.117. The molecule has 1 aliphatic carbocycles. The van der Waals surface area contributed by atoms with Crippen molar-refractivity contribution in [3.8, 4) is 10.6 Å². The van der Waals surface area contributed by atoms with Crippen LogP contribution >= 0.6 is 27.3 Å². The fourth-order valence-electron chi connectivity index (χ4n) is 1.54. The van der Waals surface area contributed by atoms with E-state index >= 15 is 0 Å². The molecule has 1 heterocycles. The quantitative estimate of drug-likeness (QED) is 0.942. The Morgan fingerprint density at radius 1 is 1.28 bits per heavy atom. The van der Waals surface area contributed by atoms with Gasteiger partial charge in [-0.2, -0.15) is 0 Å². The first-order valence-corrected chi connectivity index (χ1v) is 7.23. The highest BCUT2D eigenvalue weighted by Gasteiger charge is 2.30. The van der Waals surface area contributed by atoms with Crippen LogP contribution in [-0.2, 0) is 4.79 Å². The molecule has 0 atom stereocenters. The Hall–Kier alpha value is -1.27. The number of carbonyl (C=O) groups is 1. The molecule has 1 aromatic carbocycles. The predicted molar refractivity (Wildman–Crippen MR) is 74.4 cm³/mol. The molecule has 0 saturated heterocycles. The number of carbonyl (C=O) groups excluding carboxylic acids is 1. The second-order valence-electron chi connectivity index (χ2n) is 4.18. The maximum atomic E-state index is 11.6. The number of aromatic nitrogens is 2. The van der Waals surface area contributed by atoms with E-state index in [4.69, 9.17) is 0 Å². The van der Waals surface area contributed by atoms with Crippen molar-refractivity contribution in [2.45, 2.75) is 12.8 Å². The first-order valence-electron chi connectivity index (χ1n) is 5.63. The van der Waals surface area contributed by atoms with E-state index in [1.165, 1.54) is 11.3 Å². The summed E-state index contributed by atoms with van der Waals surface area (Å²) in [5.74, 6) is 0.249. The molecule has 0 radical (unpaired) electrons. The van der Waals surface area contributed by atoms with Crippen LogP contribution in [0.5, 0.6) is 0 Å². The van der Waals surface area contributed by atoms with E-state index in [0.717, 1.165) is 27.9 Å². The smallest absolute Gasteiger partial charge is 0.229 e. The summed E-state index contributed by atoms with van der Waals surface area (Å²) in [6.45, 7) is 0. The lowest BCUT2D eigenvalue weighted by Gasteiger charge is -1.96. The molecule has 2 aromatic rings. The van der Waals surface area contributed by atoms with Crippen LogP contribution in [0, 0.1) is 5.92 Å². The second-order valence-corrected chi connectivity index (χ2v) is 6.08. The Balaban J connectivity index is 1.76. The molecule has 18 heavy (non-hydrogen) atoms. The summed E-state index contributed by atoms with van der Waals surface area (Å²) in [5, 5.41) is 12.3. The summed E-state index contributed by atoms with van der Waals surface area (Å²) < 4.78 is 1.03. The average Bonchev–Trinajstić information content (AvgIpc) is 3.12. The summed E-state index contributed by atoms with van der Waals surface area (Å²) in [5.41, 5.74) is 1.00. The molecule has 1 saturated carbocycles. The lowest BCUT2D eigenvalue weighted by Crippen LogP contribution is -2.12. The van der Waals surface area contributed by atoms with E-state index in [1.54, 1.807) is 0 Å². The van der Waals surface area contributed by atoms with Gasteiger partial charge in [-0.25, -0.2) is 0 Å². The summed E-state index contributed by atoms with van der Waals surface area (Å²) in [7, 11) is 0. The minimum absolute atomic E-state index is 0.0634. The summed E-state index contributed by atoms with van der Waals surface area (Å²) in [4.78, 5) is 11.6. The minimum Gasteiger partial charge on any atom is -0.300 e. The van der Waals surface area contributed by atoms with Crippen LogP contribution in [0.4, 0.5) is 5.13 Å². The van der Waals surface area contributed by atoms with Crippen LogP contribution in [0.15, 0.2) is 28.7 Å². The molecular formula is C12H10BrN3OS. The van der Waals surface area contributed by atoms with E-state index in [0.29, 0.717) is 5.13 Å². The molecule has 3 rings (SSSR count). The maximum Gasteiger partial charge on any atom is 0.229 e. The van der Waals surface area contributed by atoms with Gasteiger partial charge >= 0.3 is 0 Å². The Labute approximate surface area is 117 Å². The number of nitrogens with one attached hydrogen (secondary N) is 1. The fourth-order valence-corrected chi connectivity index (χ4v) is 2.55. The summed E-state index contributed by atoms with van der Waals surface area (Å²) >= 11 is 4.79. The first-order chi connectivity index (χ1) is 8.72. The molecule has 1 N–H and O–H groups in total. The van der Waals surface area contributed by atoms with Crippen molar-refractivity contribution in [3.63, 3.8) is 0 Å². The van der Waals surface area contributed by atoms with Crippen molar-refractivity contribution in [2.75, 3.05) is 5.32 Å². The number of benzene rings is 1. The summed E-state index contributed by atoms with van der Waals surface area (Å²) in [6, 6.07) is 7.85. The van der Waals surface area contributed by atoms with Gasteiger partial charge in [-0.15, -0.1) is 10.2 Å². The monoisotopic (exact) mass is 323 g/mol. The van der Waals surface area contributed by atoms with Gasteiger partial charge in [0.15, 0.2) is 0 Å². The van der Waals surface area contributed by atoms with Gasteiger partial charge in [0.05, 0.1) is 0 Å². The van der Waals surface area contributed by atoms with Gasteiger partial charge in [-0.1, -0.05) is 39.4 Å². The molecule has 1 amide bonds. The van der Waals surface area contributed by atoms with Gasteiger partial charge in [0, 0.05) is 16.0 Å². The average molecular weight is 324 g/mol. The third-order valence-electron chi connectivity index (χ3n) is 2.69. The number of hydrogen-bond donors (Lipinski definition) is 1. The number of hydrogen-bond acceptors (Lipinski definition) is 4. The Morgan fingerprint density at radius 3 is 2.67 bits per heavy atom. The van der Waals surface area contributed by atoms with Gasteiger partial charge < -0.3 is 5.32 Å². The highest BCUT2D eigenvalue weighted by atomic mass is 79.9. The van der Waals surface area contributed by atoms with Crippen LogP contribution in [0.2, 0.25) is 0 Å². The zero-order chi connectivity index (χ0) is 12.5. The zero-order valence-electron chi connectivity index (χ0n) is 9.39. The van der Waals surface area contributed by atoms with Crippen molar-refractivity contribution in [2.24, 2.45) is 5.92 Å². The predicted octanol–water partition coefficient (Wildman–Crippen LogP) is 3.32. The second kappa shape index (κ2) is 4.78. The minimum atomic E-state index is 0.0634. The summed E-state index contributed by atoms with van der Waals surface area (Å²) in [6.07, 6.45) is 1.98. The van der Waals surface area contributed by atoms with Crippen molar-refractivity contribution in [3.05, 3.63) is 28.7 Å². The molecular weight excluding hydrogens is 314 g/mol. The topological polar surface area (TPSA) is 54.9 Å². The largest absolute Gasteiger partial charge is 0.300 e. The van der Waals surface area contributed by atoms with Crippen LogP contribution in [0.1, 0.15) is 12.8 Å². The Kier molecular flexibility index (Phi) is 3.13. The van der Waals surface area contributed by atoms with Crippen molar-refractivity contribution in [1.82, 2.24) is 10.2 Å². The van der Waals surface area contributed by atoms with Crippen LogP contribution in [0.3, 0.4) is 0 Å². The lowest BCUT2D eigenvalue weighted by atomic mass is 10.2. The van der Waals surface area contributed by atoms with Gasteiger partial charge in [0.25, 0.3) is 0 Å².